The van der Waals surface area contributed by atoms with Gasteiger partial charge in [0.15, 0.2) is 11.5 Å². The Kier molecular flexibility index (Phi) is 13.9. The van der Waals surface area contributed by atoms with E-state index in [0.717, 1.165) is 73.4 Å². The van der Waals surface area contributed by atoms with Crippen molar-refractivity contribution in [2.24, 2.45) is 0 Å². The number of aryl methyl sites for hydroxylation is 1. The minimum atomic E-state index is -0.293. The van der Waals surface area contributed by atoms with Gasteiger partial charge in [-0.1, -0.05) is 37.1 Å². The number of hydrogen-bond acceptors (Lipinski definition) is 10. The normalized spacial score (nSPS) is 15.7. The highest BCUT2D eigenvalue weighted by molar-refractivity contribution is 5.99. The Morgan fingerprint density at radius 3 is 2.21 bits per heavy atom. The second kappa shape index (κ2) is 19.4. The first-order valence-corrected chi connectivity index (χ1v) is 18.7. The van der Waals surface area contributed by atoms with Crippen LogP contribution in [-0.4, -0.2) is 117 Å². The summed E-state index contributed by atoms with van der Waals surface area (Å²) in [5, 5.41) is 10.1. The van der Waals surface area contributed by atoms with Crippen LogP contribution in [0.1, 0.15) is 36.8 Å². The van der Waals surface area contributed by atoms with E-state index in [9.17, 15) is 4.79 Å². The minimum Gasteiger partial charge on any atom is -0.493 e. The zero-order valence-corrected chi connectivity index (χ0v) is 30.7. The highest BCUT2D eigenvalue weighted by Gasteiger charge is 2.18. The fourth-order valence-corrected chi connectivity index (χ4v) is 6.76. The Morgan fingerprint density at radius 2 is 1.46 bits per heavy atom. The van der Waals surface area contributed by atoms with Crippen LogP contribution in [0.3, 0.4) is 0 Å². The molecule has 12 heteroatoms. The molecular formula is C40H54N8O4. The summed E-state index contributed by atoms with van der Waals surface area (Å²) in [7, 11) is 1.65. The Balaban J connectivity index is 0.923. The third-order valence-corrected chi connectivity index (χ3v) is 9.77. The van der Waals surface area contributed by atoms with Gasteiger partial charge < -0.3 is 35.1 Å². The summed E-state index contributed by atoms with van der Waals surface area (Å²) in [6.45, 7) is 15.2. The van der Waals surface area contributed by atoms with E-state index < -0.39 is 0 Å². The molecule has 6 rings (SSSR count). The van der Waals surface area contributed by atoms with E-state index >= 15 is 0 Å². The number of nitrogens with one attached hydrogen (secondary N) is 3. The summed E-state index contributed by atoms with van der Waals surface area (Å²) in [4.78, 5) is 29.4. The minimum absolute atomic E-state index is 0.293. The first kappa shape index (κ1) is 37.3. The molecule has 2 saturated heterocycles. The molecule has 0 radical (unpaired) electrons. The monoisotopic (exact) mass is 710 g/mol. The standard InChI is InChI=1S/C40H54N8O4/c1-31-9-7-11-33(25-31)44-40(49)45-34-12-8-10-32(26-34)29-41-39-35-27-38(37(50-2)28-36(35)42-30-43-39)52-22-6-4-3-5-13-46-14-16-47(17-15-46)18-19-48-20-23-51-24-21-48/h7-12,25-28,30H,3-6,13-24,29H2,1-2H3,(H,41,42,43)(H2,44,45,49). The topological polar surface area (TPSA) is 116 Å². The lowest BCUT2D eigenvalue weighted by Gasteiger charge is -2.36. The smallest absolute Gasteiger partial charge is 0.323 e. The summed E-state index contributed by atoms with van der Waals surface area (Å²) >= 11 is 0. The van der Waals surface area contributed by atoms with Gasteiger partial charge in [-0.2, -0.15) is 0 Å². The van der Waals surface area contributed by atoms with E-state index in [4.69, 9.17) is 14.2 Å². The Bertz CT molecular complexity index is 1730. The van der Waals surface area contributed by atoms with Gasteiger partial charge >= 0.3 is 6.03 Å². The maximum atomic E-state index is 12.6. The number of ether oxygens (including phenoxy) is 3. The molecule has 3 heterocycles. The Morgan fingerprint density at radius 1 is 0.769 bits per heavy atom. The molecule has 4 aromatic rings. The molecule has 2 fully saturated rings. The van der Waals surface area contributed by atoms with Crippen LogP contribution >= 0.6 is 0 Å². The maximum Gasteiger partial charge on any atom is 0.323 e. The van der Waals surface area contributed by atoms with Crippen LogP contribution in [0.2, 0.25) is 0 Å². The van der Waals surface area contributed by atoms with Gasteiger partial charge in [-0.05, 0) is 67.8 Å². The number of carbonyl (C=O) groups is 1. The number of hydrogen-bond donors (Lipinski definition) is 3. The third-order valence-electron chi connectivity index (χ3n) is 9.77. The number of amides is 2. The maximum absolute atomic E-state index is 12.6. The molecular weight excluding hydrogens is 656 g/mol. The second-order valence-electron chi connectivity index (χ2n) is 13.6. The zero-order chi connectivity index (χ0) is 36.0. The molecule has 52 heavy (non-hydrogen) atoms. The summed E-state index contributed by atoms with van der Waals surface area (Å²) < 4.78 is 17.4. The van der Waals surface area contributed by atoms with Crippen molar-refractivity contribution in [3.63, 3.8) is 0 Å². The van der Waals surface area contributed by atoms with Crippen molar-refractivity contribution in [3.05, 3.63) is 78.1 Å². The Labute approximate surface area is 307 Å². The predicted octanol–water partition coefficient (Wildman–Crippen LogP) is 6.09. The number of carbonyl (C=O) groups excluding carboxylic acids is 1. The molecule has 0 aliphatic carbocycles. The molecule has 0 unspecified atom stereocenters. The van der Waals surface area contributed by atoms with Crippen molar-refractivity contribution in [1.82, 2.24) is 24.7 Å². The second-order valence-corrected chi connectivity index (χ2v) is 13.6. The van der Waals surface area contributed by atoms with Crippen LogP contribution in [0, 0.1) is 6.92 Å². The van der Waals surface area contributed by atoms with E-state index in [1.807, 2.05) is 67.6 Å². The largest absolute Gasteiger partial charge is 0.493 e. The van der Waals surface area contributed by atoms with E-state index in [1.165, 1.54) is 52.1 Å². The lowest BCUT2D eigenvalue weighted by Crippen LogP contribution is -2.49. The van der Waals surface area contributed by atoms with Crippen molar-refractivity contribution in [3.8, 4) is 11.5 Å². The van der Waals surface area contributed by atoms with Crippen LogP contribution in [0.15, 0.2) is 67.0 Å². The van der Waals surface area contributed by atoms with Gasteiger partial charge in [0.1, 0.15) is 12.1 Å². The summed E-state index contributed by atoms with van der Waals surface area (Å²) in [6.07, 6.45) is 6.09. The van der Waals surface area contributed by atoms with Gasteiger partial charge in [0, 0.05) is 81.7 Å². The van der Waals surface area contributed by atoms with E-state index in [0.29, 0.717) is 36.2 Å². The van der Waals surface area contributed by atoms with Crippen molar-refractivity contribution in [2.75, 3.05) is 102 Å². The molecule has 0 atom stereocenters. The molecule has 2 aliphatic rings. The summed E-state index contributed by atoms with van der Waals surface area (Å²) in [5.41, 5.74) is 4.29. The number of rotatable bonds is 17. The molecule has 2 amide bonds. The van der Waals surface area contributed by atoms with Crippen LogP contribution in [-0.2, 0) is 11.3 Å². The molecule has 0 bridgehead atoms. The predicted molar refractivity (Wildman–Crippen MR) is 208 cm³/mol. The lowest BCUT2D eigenvalue weighted by atomic mass is 10.1. The van der Waals surface area contributed by atoms with Crippen molar-refractivity contribution in [2.45, 2.75) is 39.2 Å². The molecule has 278 valence electrons. The molecule has 12 nitrogen and oxygen atoms in total. The SMILES string of the molecule is COc1cc2ncnc(NCc3cccc(NC(=O)Nc4cccc(C)c4)c3)c2cc1OCCCCCCN1CCN(CCN2CCOCC2)CC1. The quantitative estimate of drug-likeness (QED) is 0.111. The number of aromatic nitrogens is 2. The molecule has 3 N–H and O–H groups in total. The zero-order valence-electron chi connectivity index (χ0n) is 30.7. The van der Waals surface area contributed by atoms with Crippen molar-refractivity contribution < 1.29 is 19.0 Å². The average molecular weight is 711 g/mol. The van der Waals surface area contributed by atoms with Crippen molar-refractivity contribution >= 4 is 34.1 Å². The highest BCUT2D eigenvalue weighted by atomic mass is 16.5. The number of piperazine rings is 1. The number of nitrogens with zero attached hydrogens (tertiary/aromatic N) is 5. The molecule has 1 aromatic heterocycles. The van der Waals surface area contributed by atoms with E-state index in [-0.39, 0.29) is 6.03 Å². The van der Waals surface area contributed by atoms with Gasteiger partial charge in [0.25, 0.3) is 0 Å². The fraction of sp³-hybridized carbons (Fsp3) is 0.475. The number of benzene rings is 3. The van der Waals surface area contributed by atoms with Gasteiger partial charge in [0.2, 0.25) is 0 Å². The van der Waals surface area contributed by atoms with Gasteiger partial charge in [-0.3, -0.25) is 9.80 Å². The van der Waals surface area contributed by atoms with Crippen LogP contribution in [0.4, 0.5) is 22.0 Å². The fourth-order valence-electron chi connectivity index (χ4n) is 6.76. The van der Waals surface area contributed by atoms with Crippen LogP contribution in [0.25, 0.3) is 10.9 Å². The number of fused-ring (bicyclic) bond motifs is 1. The number of methoxy groups -OCH3 is 1. The highest BCUT2D eigenvalue weighted by Crippen LogP contribution is 2.34. The average Bonchev–Trinajstić information content (AvgIpc) is 3.16. The van der Waals surface area contributed by atoms with Crippen LogP contribution in [0.5, 0.6) is 11.5 Å². The molecule has 0 saturated carbocycles. The number of urea groups is 1. The molecule has 3 aromatic carbocycles. The van der Waals surface area contributed by atoms with Crippen LogP contribution < -0.4 is 25.4 Å². The van der Waals surface area contributed by atoms with Crippen molar-refractivity contribution in [1.29, 1.82) is 0 Å². The van der Waals surface area contributed by atoms with E-state index in [2.05, 4.69) is 40.6 Å². The first-order valence-electron chi connectivity index (χ1n) is 18.7. The van der Waals surface area contributed by atoms with Gasteiger partial charge in [-0.25, -0.2) is 14.8 Å². The first-order chi connectivity index (χ1) is 25.5. The number of anilines is 3. The lowest BCUT2D eigenvalue weighted by molar-refractivity contribution is 0.0299. The third kappa shape index (κ3) is 11.3. The summed E-state index contributed by atoms with van der Waals surface area (Å²) in [6, 6.07) is 19.0. The van der Waals surface area contributed by atoms with Gasteiger partial charge in [-0.15, -0.1) is 0 Å². The molecule has 2 aliphatic heterocycles. The van der Waals surface area contributed by atoms with E-state index in [1.54, 1.807) is 13.4 Å². The number of unbranched alkanes of at least 4 members (excludes halogenated alkanes) is 3. The Hall–Kier alpha value is -4.49. The number of morpholine rings is 1. The van der Waals surface area contributed by atoms with Gasteiger partial charge in [0.05, 0.1) is 32.4 Å². The summed E-state index contributed by atoms with van der Waals surface area (Å²) in [5.74, 6) is 2.04. The molecule has 0 spiro atoms.